The van der Waals surface area contributed by atoms with Crippen molar-refractivity contribution >= 4 is 31.6 Å². The minimum Gasteiger partial charge on any atom is -0.283 e. The fourth-order valence-corrected chi connectivity index (χ4v) is 2.34. The van der Waals surface area contributed by atoms with Crippen LogP contribution in [0.1, 0.15) is 31.2 Å². The monoisotopic (exact) mass is 305 g/mol. The van der Waals surface area contributed by atoms with Gasteiger partial charge in [0.1, 0.15) is 0 Å². The molecule has 0 aromatic heterocycles. The molecule has 0 heterocycles. The Hall–Kier alpha value is -0.550. The maximum Gasteiger partial charge on any atom is 0.235 e. The van der Waals surface area contributed by atoms with Gasteiger partial charge in [-0.05, 0) is 32.4 Å². The second-order valence-corrected chi connectivity index (χ2v) is 7.51. The number of anilines is 1. The number of alkyl halides is 1. The maximum absolute atomic E-state index is 11.7. The van der Waals surface area contributed by atoms with Gasteiger partial charge in [-0.2, -0.15) is 0 Å². The maximum atomic E-state index is 11.7. The van der Waals surface area contributed by atoms with E-state index in [0.29, 0.717) is 5.69 Å². The summed E-state index contributed by atoms with van der Waals surface area (Å²) in [7, 11) is -3.28. The predicted molar refractivity (Wildman–Crippen MR) is 71.5 cm³/mol. The van der Waals surface area contributed by atoms with Gasteiger partial charge in [-0.3, -0.25) is 4.72 Å². The van der Waals surface area contributed by atoms with Crippen LogP contribution in [0.5, 0.6) is 0 Å². The van der Waals surface area contributed by atoms with Crippen LogP contribution in [-0.2, 0) is 10.0 Å². The highest BCUT2D eigenvalue weighted by molar-refractivity contribution is 9.09. The van der Waals surface area contributed by atoms with Crippen molar-refractivity contribution in [3.05, 3.63) is 29.8 Å². The Balaban J connectivity index is 3.07. The van der Waals surface area contributed by atoms with E-state index in [4.69, 9.17) is 0 Å². The van der Waals surface area contributed by atoms with Crippen molar-refractivity contribution in [2.24, 2.45) is 0 Å². The molecule has 0 spiro atoms. The van der Waals surface area contributed by atoms with Crippen LogP contribution in [0, 0.1) is 0 Å². The Bertz CT molecular complexity index is 455. The van der Waals surface area contributed by atoms with Gasteiger partial charge < -0.3 is 0 Å². The van der Waals surface area contributed by atoms with E-state index in [2.05, 4.69) is 20.7 Å². The first-order chi connectivity index (χ1) is 7.34. The number of hydrogen-bond acceptors (Lipinski definition) is 2. The largest absolute Gasteiger partial charge is 0.283 e. The highest BCUT2D eigenvalue weighted by Gasteiger charge is 2.17. The van der Waals surface area contributed by atoms with Crippen molar-refractivity contribution in [2.75, 3.05) is 4.72 Å². The van der Waals surface area contributed by atoms with Gasteiger partial charge in [0.05, 0.1) is 10.9 Å². The molecule has 3 nitrogen and oxygen atoms in total. The van der Waals surface area contributed by atoms with Crippen LogP contribution in [0.15, 0.2) is 24.3 Å². The summed E-state index contributed by atoms with van der Waals surface area (Å²) in [5.41, 5.74) is 1.58. The first-order valence-electron chi connectivity index (χ1n) is 5.09. The zero-order valence-electron chi connectivity index (χ0n) is 9.57. The van der Waals surface area contributed by atoms with E-state index in [-0.39, 0.29) is 4.83 Å². The molecule has 0 radical (unpaired) electrons. The summed E-state index contributed by atoms with van der Waals surface area (Å²) in [6.07, 6.45) is 0. The fourth-order valence-electron chi connectivity index (χ4n) is 1.21. The number of benzene rings is 1. The number of sulfonamides is 1. The van der Waals surface area contributed by atoms with Crippen molar-refractivity contribution in [1.82, 2.24) is 0 Å². The molecule has 1 N–H and O–H groups in total. The molecule has 0 aliphatic carbocycles. The topological polar surface area (TPSA) is 46.2 Å². The molecule has 0 amide bonds. The summed E-state index contributed by atoms with van der Waals surface area (Å²) in [4.78, 5) is 0.110. The van der Waals surface area contributed by atoms with E-state index >= 15 is 0 Å². The molecule has 16 heavy (non-hydrogen) atoms. The van der Waals surface area contributed by atoms with Gasteiger partial charge in [-0.1, -0.05) is 34.1 Å². The lowest BCUT2D eigenvalue weighted by atomic mass is 10.1. The fraction of sp³-hybridized carbons (Fsp3) is 0.455. The zero-order chi connectivity index (χ0) is 12.3. The summed E-state index contributed by atoms with van der Waals surface area (Å²) in [6, 6.07) is 7.38. The first-order valence-corrected chi connectivity index (χ1v) is 7.55. The molecule has 0 aliphatic heterocycles. The third kappa shape index (κ3) is 3.22. The van der Waals surface area contributed by atoms with Gasteiger partial charge >= 0.3 is 0 Å². The highest BCUT2D eigenvalue weighted by Crippen LogP contribution is 2.29. The van der Waals surface area contributed by atoms with Gasteiger partial charge in [0.2, 0.25) is 10.0 Å². The number of hydrogen-bond donors (Lipinski definition) is 1. The summed E-state index contributed by atoms with van der Waals surface area (Å²) >= 11 is 3.44. The summed E-state index contributed by atoms with van der Waals surface area (Å²) in [5, 5.41) is -0.439. The molecule has 1 rings (SSSR count). The Morgan fingerprint density at radius 3 is 2.25 bits per heavy atom. The Morgan fingerprint density at radius 2 is 1.75 bits per heavy atom. The molecular weight excluding hydrogens is 290 g/mol. The predicted octanol–water partition coefficient (Wildman–Crippen LogP) is 3.29. The van der Waals surface area contributed by atoms with E-state index in [9.17, 15) is 8.42 Å². The molecule has 0 saturated heterocycles. The van der Waals surface area contributed by atoms with E-state index in [1.54, 1.807) is 19.9 Å². The average molecular weight is 306 g/mol. The van der Waals surface area contributed by atoms with Crippen molar-refractivity contribution in [3.63, 3.8) is 0 Å². The van der Waals surface area contributed by atoms with E-state index < -0.39 is 15.3 Å². The smallest absolute Gasteiger partial charge is 0.235 e. The molecule has 0 aliphatic rings. The Labute approximate surface area is 105 Å². The molecular formula is C11H16BrNO2S. The minimum absolute atomic E-state index is 0.110. The van der Waals surface area contributed by atoms with Crippen LogP contribution >= 0.6 is 15.9 Å². The van der Waals surface area contributed by atoms with Crippen LogP contribution in [0.25, 0.3) is 0 Å². The SMILES string of the molecule is CC(Br)c1ccccc1NS(=O)(=O)C(C)C. The van der Waals surface area contributed by atoms with E-state index in [1.165, 1.54) is 0 Å². The first kappa shape index (κ1) is 13.5. The van der Waals surface area contributed by atoms with Gasteiger partial charge in [0, 0.05) is 4.83 Å². The second kappa shape index (κ2) is 5.19. The standard InChI is InChI=1S/C11H16BrNO2S/c1-8(2)16(14,15)13-11-7-5-4-6-10(11)9(3)12/h4-9,13H,1-3H3. The molecule has 0 saturated carbocycles. The third-order valence-corrected chi connectivity index (χ3v) is 4.50. The molecule has 90 valence electrons. The number of halogens is 1. The lowest BCUT2D eigenvalue weighted by Gasteiger charge is -2.15. The summed E-state index contributed by atoms with van der Waals surface area (Å²) in [6.45, 7) is 5.27. The van der Waals surface area contributed by atoms with Crippen molar-refractivity contribution in [1.29, 1.82) is 0 Å². The number of nitrogens with one attached hydrogen (secondary N) is 1. The molecule has 1 unspecified atom stereocenters. The molecule has 5 heteroatoms. The number of rotatable bonds is 4. The van der Waals surface area contributed by atoms with E-state index in [0.717, 1.165) is 5.56 Å². The quantitative estimate of drug-likeness (QED) is 0.868. The van der Waals surface area contributed by atoms with Crippen LogP contribution in [0.2, 0.25) is 0 Å². The van der Waals surface area contributed by atoms with Gasteiger partial charge in [-0.15, -0.1) is 0 Å². The average Bonchev–Trinajstić information content (AvgIpc) is 2.17. The van der Waals surface area contributed by atoms with Crippen LogP contribution in [0.4, 0.5) is 5.69 Å². The zero-order valence-corrected chi connectivity index (χ0v) is 12.0. The number of para-hydroxylation sites is 1. The minimum atomic E-state index is -3.28. The van der Waals surface area contributed by atoms with Gasteiger partial charge in [-0.25, -0.2) is 8.42 Å². The van der Waals surface area contributed by atoms with Gasteiger partial charge in [0.15, 0.2) is 0 Å². The van der Waals surface area contributed by atoms with Crippen LogP contribution in [0.3, 0.4) is 0 Å². The van der Waals surface area contributed by atoms with Crippen LogP contribution < -0.4 is 4.72 Å². The van der Waals surface area contributed by atoms with Crippen molar-refractivity contribution in [2.45, 2.75) is 30.8 Å². The molecule has 0 fully saturated rings. The van der Waals surface area contributed by atoms with E-state index in [1.807, 2.05) is 25.1 Å². The summed E-state index contributed by atoms with van der Waals surface area (Å²) in [5.74, 6) is 0. The molecule has 1 aromatic rings. The van der Waals surface area contributed by atoms with Crippen LogP contribution in [-0.4, -0.2) is 13.7 Å². The second-order valence-electron chi connectivity index (χ2n) is 3.90. The molecule has 1 aromatic carbocycles. The Morgan fingerprint density at radius 1 is 1.19 bits per heavy atom. The molecule has 0 bridgehead atoms. The lowest BCUT2D eigenvalue weighted by Crippen LogP contribution is -2.23. The van der Waals surface area contributed by atoms with Crippen molar-refractivity contribution < 1.29 is 8.42 Å². The third-order valence-electron chi connectivity index (χ3n) is 2.26. The normalized spacial score (nSPS) is 13.8. The highest BCUT2D eigenvalue weighted by atomic mass is 79.9. The molecule has 1 atom stereocenters. The lowest BCUT2D eigenvalue weighted by molar-refractivity contribution is 0.592. The summed E-state index contributed by atoms with van der Waals surface area (Å²) < 4.78 is 26.1. The van der Waals surface area contributed by atoms with Crippen molar-refractivity contribution in [3.8, 4) is 0 Å². The Kier molecular flexibility index (Phi) is 4.38. The van der Waals surface area contributed by atoms with Gasteiger partial charge in [0.25, 0.3) is 0 Å².